The van der Waals surface area contributed by atoms with Gasteiger partial charge in [0, 0.05) is 65.8 Å². The summed E-state index contributed by atoms with van der Waals surface area (Å²) in [5.74, 6) is -0.521. The highest BCUT2D eigenvalue weighted by atomic mass is 19.1. The number of aromatic nitrogens is 2. The Morgan fingerprint density at radius 1 is 0.300 bits per heavy atom. The SMILES string of the molecule is Fc1cccc2c1c1c(N(c3ccccc3)c3ccccc3)ccc3c4cc5c(cc4n2c31)c1ccc(N(c2ccccc2)c2ccccc2)c2c3c(F)cccc3n5c12. The number of rotatable bonds is 6. The van der Waals surface area contributed by atoms with Crippen LogP contribution in [0.4, 0.5) is 42.9 Å². The van der Waals surface area contributed by atoms with Crippen molar-refractivity contribution in [3.63, 3.8) is 0 Å². The Hall–Kier alpha value is -7.96. The van der Waals surface area contributed by atoms with Crippen molar-refractivity contribution in [2.45, 2.75) is 0 Å². The molecular weight excluding hydrogens is 743 g/mol. The molecule has 13 aromatic rings. The van der Waals surface area contributed by atoms with E-state index >= 15 is 8.78 Å². The third-order valence-corrected chi connectivity index (χ3v) is 12.4. The molecule has 0 radical (unpaired) electrons. The predicted molar refractivity (Wildman–Crippen MR) is 245 cm³/mol. The van der Waals surface area contributed by atoms with E-state index in [1.165, 1.54) is 0 Å². The summed E-state index contributed by atoms with van der Waals surface area (Å²) >= 11 is 0. The Morgan fingerprint density at radius 3 is 1.00 bits per heavy atom. The van der Waals surface area contributed by atoms with Gasteiger partial charge in [-0.15, -0.1) is 0 Å². The fraction of sp³-hybridized carbons (Fsp3) is 0. The van der Waals surface area contributed by atoms with Crippen molar-refractivity contribution in [2.24, 2.45) is 0 Å². The maximum atomic E-state index is 16.5. The number of nitrogens with zero attached hydrogens (tertiary/aromatic N) is 4. The number of para-hydroxylation sites is 4. The smallest absolute Gasteiger partial charge is 0.133 e. The van der Waals surface area contributed by atoms with Gasteiger partial charge in [-0.3, -0.25) is 0 Å². The van der Waals surface area contributed by atoms with E-state index in [0.717, 1.165) is 99.5 Å². The Morgan fingerprint density at radius 2 is 0.650 bits per heavy atom. The minimum atomic E-state index is -0.261. The molecule has 4 nitrogen and oxygen atoms in total. The van der Waals surface area contributed by atoms with Crippen molar-refractivity contribution >= 4 is 110 Å². The zero-order chi connectivity index (χ0) is 39.6. The Kier molecular flexibility index (Phi) is 6.76. The van der Waals surface area contributed by atoms with E-state index in [1.807, 2.05) is 84.9 Å². The molecule has 282 valence electrons. The van der Waals surface area contributed by atoms with Crippen LogP contribution < -0.4 is 9.80 Å². The lowest BCUT2D eigenvalue weighted by molar-refractivity contribution is 0.640. The summed E-state index contributed by atoms with van der Waals surface area (Å²) in [4.78, 5) is 4.44. The number of hydrogen-bond acceptors (Lipinski definition) is 2. The molecule has 4 heterocycles. The van der Waals surface area contributed by atoms with Gasteiger partial charge in [-0.05, 0) is 97.1 Å². The summed E-state index contributed by atoms with van der Waals surface area (Å²) in [7, 11) is 0. The molecule has 0 unspecified atom stereocenters. The van der Waals surface area contributed by atoms with E-state index in [2.05, 4.69) is 104 Å². The lowest BCUT2D eigenvalue weighted by atomic mass is 10.0. The van der Waals surface area contributed by atoms with E-state index in [1.54, 1.807) is 24.3 Å². The van der Waals surface area contributed by atoms with Crippen LogP contribution in [0.5, 0.6) is 0 Å². The number of benzene rings is 9. The highest BCUT2D eigenvalue weighted by Gasteiger charge is 2.29. The first kappa shape index (κ1) is 33.1. The molecule has 9 aromatic carbocycles. The van der Waals surface area contributed by atoms with Gasteiger partial charge in [0.15, 0.2) is 0 Å². The molecule has 0 aliphatic rings. The van der Waals surface area contributed by atoms with Gasteiger partial charge in [-0.25, -0.2) is 8.78 Å². The second-order valence-electron chi connectivity index (χ2n) is 15.5. The van der Waals surface area contributed by atoms with E-state index in [-0.39, 0.29) is 11.6 Å². The fourth-order valence-electron chi connectivity index (χ4n) is 10.1. The number of halogens is 2. The molecule has 0 saturated heterocycles. The highest BCUT2D eigenvalue weighted by Crippen LogP contribution is 2.51. The fourth-order valence-corrected chi connectivity index (χ4v) is 10.1. The molecule has 4 aromatic heterocycles. The van der Waals surface area contributed by atoms with E-state index < -0.39 is 0 Å². The lowest BCUT2D eigenvalue weighted by Gasteiger charge is -2.26. The molecule has 6 heteroatoms. The molecule has 0 amide bonds. The normalized spacial score (nSPS) is 12.2. The molecular formula is C54H32F2N4. The molecule has 0 bridgehead atoms. The summed E-state index contributed by atoms with van der Waals surface area (Å²) in [6, 6.07) is 65.0. The quantitative estimate of drug-likeness (QED) is 0.167. The summed E-state index contributed by atoms with van der Waals surface area (Å²) in [5.41, 5.74) is 11.3. The largest absolute Gasteiger partial charge is 0.310 e. The molecule has 0 spiro atoms. The molecule has 13 rings (SSSR count). The number of fused-ring (bicyclic) bond motifs is 12. The Bertz CT molecular complexity index is 3450. The van der Waals surface area contributed by atoms with E-state index in [0.29, 0.717) is 10.8 Å². The maximum Gasteiger partial charge on any atom is 0.133 e. The average molecular weight is 775 g/mol. The third kappa shape index (κ3) is 4.37. The Labute approximate surface area is 342 Å². The van der Waals surface area contributed by atoms with Crippen LogP contribution in [-0.2, 0) is 0 Å². The first-order valence-electron chi connectivity index (χ1n) is 20.2. The topological polar surface area (TPSA) is 15.3 Å². The minimum absolute atomic E-state index is 0.261. The van der Waals surface area contributed by atoms with Gasteiger partial charge in [0.1, 0.15) is 11.6 Å². The van der Waals surface area contributed by atoms with E-state index in [4.69, 9.17) is 0 Å². The lowest BCUT2D eigenvalue weighted by Crippen LogP contribution is -2.10. The molecule has 0 saturated carbocycles. The zero-order valence-corrected chi connectivity index (χ0v) is 32.0. The first-order valence-corrected chi connectivity index (χ1v) is 20.2. The minimum Gasteiger partial charge on any atom is -0.310 e. The molecule has 0 fully saturated rings. The highest BCUT2D eigenvalue weighted by molar-refractivity contribution is 6.32. The summed E-state index contributed by atoms with van der Waals surface area (Å²) < 4.78 is 37.5. The second-order valence-corrected chi connectivity index (χ2v) is 15.5. The van der Waals surface area contributed by atoms with Gasteiger partial charge in [-0.2, -0.15) is 0 Å². The van der Waals surface area contributed by atoms with Crippen molar-refractivity contribution in [3.8, 4) is 0 Å². The van der Waals surface area contributed by atoms with E-state index in [9.17, 15) is 0 Å². The molecule has 0 aliphatic carbocycles. The first-order chi connectivity index (χ1) is 29.7. The van der Waals surface area contributed by atoms with Crippen LogP contribution in [0.2, 0.25) is 0 Å². The van der Waals surface area contributed by atoms with Crippen LogP contribution in [-0.4, -0.2) is 8.80 Å². The van der Waals surface area contributed by atoms with Crippen LogP contribution in [0.15, 0.2) is 194 Å². The van der Waals surface area contributed by atoms with Crippen LogP contribution in [0.1, 0.15) is 0 Å². The van der Waals surface area contributed by atoms with Gasteiger partial charge < -0.3 is 18.6 Å². The van der Waals surface area contributed by atoms with Gasteiger partial charge in [0.2, 0.25) is 0 Å². The maximum absolute atomic E-state index is 16.5. The zero-order valence-electron chi connectivity index (χ0n) is 32.0. The molecule has 60 heavy (non-hydrogen) atoms. The third-order valence-electron chi connectivity index (χ3n) is 12.4. The molecule has 0 N–H and O–H groups in total. The van der Waals surface area contributed by atoms with Crippen molar-refractivity contribution in [1.29, 1.82) is 0 Å². The standard InChI is InChI=1S/C54H32F2N4/c55-41-23-13-25-43-49(41)51-45(57(33-15-5-1-6-16-33)34-17-7-2-8-18-34)29-27-37-39-31-48-40(32-47(39)59(43)53(37)51)38-28-30-46(52-50-42(56)24-14-26-44(50)60(48)54(38)52)58(35-19-9-3-10-20-35)36-21-11-4-12-22-36/h1-32H. The van der Waals surface area contributed by atoms with Crippen LogP contribution in [0.25, 0.3) is 76.2 Å². The molecule has 0 aliphatic heterocycles. The Balaban J connectivity index is 1.16. The van der Waals surface area contributed by atoms with Gasteiger partial charge in [-0.1, -0.05) is 97.1 Å². The van der Waals surface area contributed by atoms with Gasteiger partial charge >= 0.3 is 0 Å². The predicted octanol–water partition coefficient (Wildman–Crippen LogP) is 15.2. The number of hydrogen-bond donors (Lipinski definition) is 0. The second kappa shape index (κ2) is 12.3. The van der Waals surface area contributed by atoms with Crippen molar-refractivity contribution < 1.29 is 8.78 Å². The number of anilines is 6. The summed E-state index contributed by atoms with van der Waals surface area (Å²) in [5, 5.41) is 7.04. The van der Waals surface area contributed by atoms with Crippen LogP contribution in [0, 0.1) is 11.6 Å². The van der Waals surface area contributed by atoms with Crippen molar-refractivity contribution in [1.82, 2.24) is 8.80 Å². The average Bonchev–Trinajstić information content (AvgIpc) is 4.02. The van der Waals surface area contributed by atoms with Crippen LogP contribution >= 0.6 is 0 Å². The summed E-state index contributed by atoms with van der Waals surface area (Å²) in [6.07, 6.45) is 0. The van der Waals surface area contributed by atoms with Gasteiger partial charge in [0.05, 0.1) is 44.5 Å². The van der Waals surface area contributed by atoms with Crippen molar-refractivity contribution in [2.75, 3.05) is 9.80 Å². The molecule has 0 atom stereocenters. The van der Waals surface area contributed by atoms with Crippen molar-refractivity contribution in [3.05, 3.63) is 206 Å². The summed E-state index contributed by atoms with van der Waals surface area (Å²) in [6.45, 7) is 0. The monoisotopic (exact) mass is 774 g/mol. The van der Waals surface area contributed by atoms with Crippen LogP contribution in [0.3, 0.4) is 0 Å². The van der Waals surface area contributed by atoms with Gasteiger partial charge in [0.25, 0.3) is 0 Å².